The Hall–Kier alpha value is -2.79. The van der Waals surface area contributed by atoms with E-state index in [9.17, 15) is 4.79 Å². The second kappa shape index (κ2) is 8.07. The fraction of sp³-hybridized carbons (Fsp3) is 0.273. The number of likely N-dealkylation sites (tertiary alicyclic amines) is 1. The molecule has 2 heterocycles. The van der Waals surface area contributed by atoms with E-state index in [4.69, 9.17) is 21.4 Å². The van der Waals surface area contributed by atoms with E-state index in [0.29, 0.717) is 10.7 Å². The van der Waals surface area contributed by atoms with Crippen LogP contribution in [0.5, 0.6) is 5.75 Å². The fourth-order valence-electron chi connectivity index (χ4n) is 3.47. The summed E-state index contributed by atoms with van der Waals surface area (Å²) in [7, 11) is 1.64. The van der Waals surface area contributed by atoms with Crippen molar-refractivity contribution in [2.45, 2.75) is 19.3 Å². The predicted octanol–water partition coefficient (Wildman–Crippen LogP) is 4.83. The maximum atomic E-state index is 13.2. The highest BCUT2D eigenvalue weighted by atomic mass is 35.5. The number of hydrogen-bond donors (Lipinski definition) is 0. The molecule has 4 rings (SSSR count). The van der Waals surface area contributed by atoms with Gasteiger partial charge in [-0.15, -0.1) is 0 Å². The summed E-state index contributed by atoms with van der Waals surface area (Å²) >= 11 is 6.04. The van der Waals surface area contributed by atoms with Gasteiger partial charge < -0.3 is 9.64 Å². The molecule has 3 aromatic rings. The first-order chi connectivity index (χ1) is 13.7. The molecule has 0 bridgehead atoms. The van der Waals surface area contributed by atoms with Gasteiger partial charge in [0.2, 0.25) is 0 Å². The Morgan fingerprint density at radius 3 is 2.32 bits per heavy atom. The number of amides is 1. The molecule has 0 unspecified atom stereocenters. The first-order valence-electron chi connectivity index (χ1n) is 9.45. The second-order valence-corrected chi connectivity index (χ2v) is 7.32. The lowest BCUT2D eigenvalue weighted by molar-refractivity contribution is 0.0715. The molecule has 1 fully saturated rings. The molecule has 1 saturated heterocycles. The Kier molecular flexibility index (Phi) is 5.35. The second-order valence-electron chi connectivity index (χ2n) is 6.88. The molecule has 0 N–H and O–H groups in total. The number of rotatable bonds is 4. The molecule has 28 heavy (non-hydrogen) atoms. The van der Waals surface area contributed by atoms with Gasteiger partial charge in [0.25, 0.3) is 5.91 Å². The van der Waals surface area contributed by atoms with Gasteiger partial charge in [-0.05, 0) is 73.9 Å². The highest BCUT2D eigenvalue weighted by molar-refractivity contribution is 6.30. The third kappa shape index (κ3) is 3.76. The minimum absolute atomic E-state index is 0.0157. The summed E-state index contributed by atoms with van der Waals surface area (Å²) in [6.07, 6.45) is 3.27. The van der Waals surface area contributed by atoms with Crippen LogP contribution in [0.1, 0.15) is 29.8 Å². The van der Waals surface area contributed by atoms with Crippen molar-refractivity contribution in [3.63, 3.8) is 0 Å². The molecule has 0 atom stereocenters. The van der Waals surface area contributed by atoms with Crippen molar-refractivity contribution in [3.05, 3.63) is 65.3 Å². The van der Waals surface area contributed by atoms with E-state index in [-0.39, 0.29) is 5.91 Å². The topological polar surface area (TPSA) is 47.4 Å². The molecule has 1 aromatic heterocycles. The Morgan fingerprint density at radius 2 is 1.68 bits per heavy atom. The Morgan fingerprint density at radius 1 is 1.00 bits per heavy atom. The van der Waals surface area contributed by atoms with Crippen LogP contribution in [0, 0.1) is 0 Å². The number of piperidine rings is 1. The van der Waals surface area contributed by atoms with E-state index in [1.165, 1.54) is 6.42 Å². The highest BCUT2D eigenvalue weighted by Gasteiger charge is 2.24. The largest absolute Gasteiger partial charge is 0.497 e. The molecule has 0 saturated carbocycles. The Labute approximate surface area is 169 Å². The molecule has 144 valence electrons. The van der Waals surface area contributed by atoms with Gasteiger partial charge in [-0.25, -0.2) is 4.68 Å². The molecule has 1 aliphatic rings. The van der Waals surface area contributed by atoms with Crippen molar-refractivity contribution in [2.24, 2.45) is 0 Å². The van der Waals surface area contributed by atoms with Crippen LogP contribution in [0.3, 0.4) is 0 Å². The summed E-state index contributed by atoms with van der Waals surface area (Å²) in [5.74, 6) is 0.799. The van der Waals surface area contributed by atoms with E-state index < -0.39 is 0 Å². The molecule has 0 radical (unpaired) electrons. The van der Waals surface area contributed by atoms with Crippen LogP contribution < -0.4 is 4.74 Å². The summed E-state index contributed by atoms with van der Waals surface area (Å²) in [5, 5.41) is 5.39. The lowest BCUT2D eigenvalue weighted by Gasteiger charge is -2.26. The van der Waals surface area contributed by atoms with Crippen LogP contribution in [0.4, 0.5) is 0 Å². The minimum atomic E-state index is 0.0157. The SMILES string of the molecule is COc1ccc(-c2cc(C(=O)N3CCCCC3)n(-c3ccc(Cl)cc3)n2)cc1. The molecule has 1 aliphatic heterocycles. The molecular weight excluding hydrogens is 374 g/mol. The predicted molar refractivity (Wildman–Crippen MR) is 110 cm³/mol. The van der Waals surface area contributed by atoms with Gasteiger partial charge in [-0.2, -0.15) is 5.10 Å². The summed E-state index contributed by atoms with van der Waals surface area (Å²) in [6.45, 7) is 1.59. The average molecular weight is 396 g/mol. The maximum absolute atomic E-state index is 13.2. The smallest absolute Gasteiger partial charge is 0.272 e. The van der Waals surface area contributed by atoms with Crippen molar-refractivity contribution in [3.8, 4) is 22.7 Å². The summed E-state index contributed by atoms with van der Waals surface area (Å²) in [6, 6.07) is 16.9. The monoisotopic (exact) mass is 395 g/mol. The Bertz CT molecular complexity index is 958. The van der Waals surface area contributed by atoms with Crippen LogP contribution in [0.25, 0.3) is 16.9 Å². The number of hydrogen-bond acceptors (Lipinski definition) is 3. The van der Waals surface area contributed by atoms with Crippen LogP contribution >= 0.6 is 11.6 Å². The van der Waals surface area contributed by atoms with Crippen molar-refractivity contribution >= 4 is 17.5 Å². The normalized spacial score (nSPS) is 14.1. The molecule has 1 amide bonds. The van der Waals surface area contributed by atoms with E-state index in [2.05, 4.69) is 0 Å². The summed E-state index contributed by atoms with van der Waals surface area (Å²) < 4.78 is 6.95. The van der Waals surface area contributed by atoms with Crippen LogP contribution in [0.15, 0.2) is 54.6 Å². The zero-order valence-electron chi connectivity index (χ0n) is 15.8. The first-order valence-corrected chi connectivity index (χ1v) is 9.83. The quantitative estimate of drug-likeness (QED) is 0.635. The lowest BCUT2D eigenvalue weighted by Crippen LogP contribution is -2.36. The van der Waals surface area contributed by atoms with Gasteiger partial charge in [-0.1, -0.05) is 11.6 Å². The third-order valence-electron chi connectivity index (χ3n) is 5.03. The molecule has 6 heteroatoms. The number of carbonyl (C=O) groups excluding carboxylic acids is 1. The van der Waals surface area contributed by atoms with E-state index in [0.717, 1.165) is 48.6 Å². The molecule has 5 nitrogen and oxygen atoms in total. The van der Waals surface area contributed by atoms with Crippen molar-refractivity contribution in [2.75, 3.05) is 20.2 Å². The third-order valence-corrected chi connectivity index (χ3v) is 5.28. The number of methoxy groups -OCH3 is 1. The molecular formula is C22H22ClN3O2. The Balaban J connectivity index is 1.76. The zero-order valence-corrected chi connectivity index (χ0v) is 16.5. The van der Waals surface area contributed by atoms with Crippen LogP contribution in [-0.4, -0.2) is 40.8 Å². The van der Waals surface area contributed by atoms with Gasteiger partial charge in [0.15, 0.2) is 0 Å². The van der Waals surface area contributed by atoms with E-state index in [1.807, 2.05) is 47.4 Å². The number of benzene rings is 2. The number of carbonyl (C=O) groups is 1. The van der Waals surface area contributed by atoms with Crippen LogP contribution in [-0.2, 0) is 0 Å². The van der Waals surface area contributed by atoms with Gasteiger partial charge in [0.05, 0.1) is 18.5 Å². The minimum Gasteiger partial charge on any atom is -0.497 e. The van der Waals surface area contributed by atoms with Gasteiger partial charge in [-0.3, -0.25) is 4.79 Å². The summed E-state index contributed by atoms with van der Waals surface area (Å²) in [5.41, 5.74) is 3.05. The number of ether oxygens (including phenoxy) is 1. The number of aromatic nitrogens is 2. The molecule has 0 aliphatic carbocycles. The zero-order chi connectivity index (χ0) is 19.5. The maximum Gasteiger partial charge on any atom is 0.272 e. The van der Waals surface area contributed by atoms with Crippen molar-refractivity contribution in [1.82, 2.24) is 14.7 Å². The van der Waals surface area contributed by atoms with Crippen molar-refractivity contribution < 1.29 is 9.53 Å². The van der Waals surface area contributed by atoms with Crippen LogP contribution in [0.2, 0.25) is 5.02 Å². The van der Waals surface area contributed by atoms with E-state index >= 15 is 0 Å². The summed E-state index contributed by atoms with van der Waals surface area (Å²) in [4.78, 5) is 15.1. The molecule has 0 spiro atoms. The average Bonchev–Trinajstić information content (AvgIpc) is 3.20. The van der Waals surface area contributed by atoms with E-state index in [1.54, 1.807) is 23.9 Å². The highest BCUT2D eigenvalue weighted by Crippen LogP contribution is 2.26. The first kappa shape index (κ1) is 18.6. The fourth-order valence-corrected chi connectivity index (χ4v) is 3.60. The standard InChI is InChI=1S/C22H22ClN3O2/c1-28-19-11-5-16(6-12-19)20-15-21(22(27)25-13-3-2-4-14-25)26(24-20)18-9-7-17(23)8-10-18/h5-12,15H,2-4,13-14H2,1H3. The number of halogens is 1. The van der Waals surface area contributed by atoms with Crippen molar-refractivity contribution in [1.29, 1.82) is 0 Å². The van der Waals surface area contributed by atoms with Gasteiger partial charge >= 0.3 is 0 Å². The number of nitrogens with zero attached hydrogens (tertiary/aromatic N) is 3. The molecule has 2 aromatic carbocycles. The van der Waals surface area contributed by atoms with Gasteiger partial charge in [0.1, 0.15) is 11.4 Å². The van der Waals surface area contributed by atoms with Gasteiger partial charge in [0, 0.05) is 23.7 Å². The lowest BCUT2D eigenvalue weighted by atomic mass is 10.1.